The van der Waals surface area contributed by atoms with Crippen LogP contribution in [0, 0.1) is 11.6 Å². The van der Waals surface area contributed by atoms with Gasteiger partial charge in [0.1, 0.15) is 17.3 Å². The maximum absolute atomic E-state index is 13.7. The van der Waals surface area contributed by atoms with Crippen LogP contribution < -0.4 is 9.03 Å². The minimum atomic E-state index is -0.339. The molecule has 0 bridgehead atoms. The van der Waals surface area contributed by atoms with Crippen LogP contribution in [0.25, 0.3) is 0 Å². The highest BCUT2D eigenvalue weighted by atomic mass is 32.2. The van der Waals surface area contributed by atoms with Crippen LogP contribution in [0.15, 0.2) is 42.5 Å². The molecule has 0 aromatic heterocycles. The molecular formula is C12H8F2N2S. The Kier molecular flexibility index (Phi) is 2.40. The van der Waals surface area contributed by atoms with E-state index in [0.717, 1.165) is 12.1 Å². The highest BCUT2D eigenvalue weighted by Crippen LogP contribution is 2.45. The largest absolute Gasteiger partial charge is 0.307 e. The summed E-state index contributed by atoms with van der Waals surface area (Å²) in [6.07, 6.45) is 0. The molecule has 0 atom stereocenters. The van der Waals surface area contributed by atoms with Crippen molar-refractivity contribution in [1.82, 2.24) is 0 Å². The number of fused-ring (bicyclic) bond motifs is 1. The summed E-state index contributed by atoms with van der Waals surface area (Å²) < 4.78 is 31.6. The Hall–Kier alpha value is -1.75. The van der Waals surface area contributed by atoms with Crippen molar-refractivity contribution in [3.05, 3.63) is 54.1 Å². The lowest BCUT2D eigenvalue weighted by Gasteiger charge is -2.16. The van der Waals surface area contributed by atoms with E-state index in [1.807, 2.05) is 0 Å². The number of benzene rings is 2. The summed E-state index contributed by atoms with van der Waals surface area (Å²) in [5.41, 5.74) is 1.43. The molecule has 2 nitrogen and oxygen atoms in total. The smallest absolute Gasteiger partial charge is 0.149 e. The fourth-order valence-electron chi connectivity index (χ4n) is 1.72. The summed E-state index contributed by atoms with van der Waals surface area (Å²) in [5, 5.41) is 0. The second-order valence-corrected chi connectivity index (χ2v) is 4.32. The molecule has 1 aliphatic rings. The van der Waals surface area contributed by atoms with Crippen LogP contribution in [0.2, 0.25) is 0 Å². The van der Waals surface area contributed by atoms with Gasteiger partial charge in [-0.15, -0.1) is 0 Å². The van der Waals surface area contributed by atoms with Crippen LogP contribution in [-0.4, -0.2) is 0 Å². The molecule has 0 radical (unpaired) electrons. The van der Waals surface area contributed by atoms with E-state index in [4.69, 9.17) is 0 Å². The number of para-hydroxylation sites is 2. The summed E-state index contributed by atoms with van der Waals surface area (Å²) in [4.78, 5) is 0. The average Bonchev–Trinajstić information content (AvgIpc) is 2.75. The molecule has 1 heterocycles. The molecule has 2 aromatic carbocycles. The maximum atomic E-state index is 13.7. The van der Waals surface area contributed by atoms with Crippen molar-refractivity contribution in [2.45, 2.75) is 0 Å². The number of hydrogen-bond donors (Lipinski definition) is 1. The van der Waals surface area contributed by atoms with E-state index in [1.165, 1.54) is 12.1 Å². The van der Waals surface area contributed by atoms with Crippen LogP contribution >= 0.6 is 12.1 Å². The zero-order chi connectivity index (χ0) is 11.8. The minimum Gasteiger partial charge on any atom is -0.307 e. The first-order valence-electron chi connectivity index (χ1n) is 5.03. The van der Waals surface area contributed by atoms with Crippen molar-refractivity contribution in [1.29, 1.82) is 0 Å². The van der Waals surface area contributed by atoms with Gasteiger partial charge in [0, 0.05) is 0 Å². The third-order valence-electron chi connectivity index (χ3n) is 2.52. The monoisotopic (exact) mass is 250 g/mol. The average molecular weight is 250 g/mol. The van der Waals surface area contributed by atoms with Gasteiger partial charge in [0.05, 0.1) is 23.5 Å². The lowest BCUT2D eigenvalue weighted by molar-refractivity contribution is 0.629. The van der Waals surface area contributed by atoms with Crippen molar-refractivity contribution in [2.24, 2.45) is 0 Å². The van der Waals surface area contributed by atoms with E-state index >= 15 is 0 Å². The van der Waals surface area contributed by atoms with Crippen LogP contribution in [-0.2, 0) is 0 Å². The Morgan fingerprint density at radius 1 is 0.882 bits per heavy atom. The lowest BCUT2D eigenvalue weighted by Crippen LogP contribution is -2.04. The van der Waals surface area contributed by atoms with Crippen molar-refractivity contribution in [2.75, 3.05) is 9.03 Å². The molecule has 1 N–H and O–H groups in total. The first-order valence-corrected chi connectivity index (χ1v) is 5.81. The summed E-state index contributed by atoms with van der Waals surface area (Å²) in [7, 11) is 0. The number of nitrogens with one attached hydrogen (secondary N) is 1. The Balaban J connectivity index is 2.11. The molecule has 0 aliphatic carbocycles. The second kappa shape index (κ2) is 3.92. The van der Waals surface area contributed by atoms with Crippen molar-refractivity contribution < 1.29 is 8.78 Å². The molecule has 0 fully saturated rings. The molecule has 0 saturated carbocycles. The number of halogens is 2. The fourth-order valence-corrected chi connectivity index (χ4v) is 2.60. The van der Waals surface area contributed by atoms with Gasteiger partial charge in [-0.25, -0.2) is 8.78 Å². The van der Waals surface area contributed by atoms with Gasteiger partial charge in [-0.1, -0.05) is 18.2 Å². The topological polar surface area (TPSA) is 15.3 Å². The normalized spacial score (nSPS) is 13.4. The van der Waals surface area contributed by atoms with E-state index in [0.29, 0.717) is 17.1 Å². The Bertz CT molecular complexity index is 574. The van der Waals surface area contributed by atoms with Gasteiger partial charge in [0.2, 0.25) is 0 Å². The summed E-state index contributed by atoms with van der Waals surface area (Å²) in [6.45, 7) is 0. The zero-order valence-electron chi connectivity index (χ0n) is 8.65. The minimum absolute atomic E-state index is 0.334. The Morgan fingerprint density at radius 2 is 1.59 bits per heavy atom. The first kappa shape index (κ1) is 10.4. The SMILES string of the molecule is Fc1ccccc1N1SNc2c(F)cccc21. The Morgan fingerprint density at radius 3 is 2.41 bits per heavy atom. The van der Waals surface area contributed by atoms with Gasteiger partial charge in [-0.2, -0.15) is 0 Å². The third kappa shape index (κ3) is 1.63. The van der Waals surface area contributed by atoms with E-state index in [9.17, 15) is 8.78 Å². The highest BCUT2D eigenvalue weighted by Gasteiger charge is 2.25. The van der Waals surface area contributed by atoms with Crippen LogP contribution in [0.5, 0.6) is 0 Å². The third-order valence-corrected chi connectivity index (χ3v) is 3.39. The molecule has 0 amide bonds. The molecule has 1 aliphatic heterocycles. The molecule has 17 heavy (non-hydrogen) atoms. The van der Waals surface area contributed by atoms with Crippen molar-refractivity contribution >= 4 is 29.2 Å². The number of anilines is 3. The molecule has 2 aromatic rings. The van der Waals surface area contributed by atoms with Gasteiger partial charge in [-0.3, -0.25) is 4.31 Å². The summed E-state index contributed by atoms with van der Waals surface area (Å²) in [6, 6.07) is 11.1. The summed E-state index contributed by atoms with van der Waals surface area (Å²) >= 11 is 1.16. The van der Waals surface area contributed by atoms with Crippen LogP contribution in [0.4, 0.5) is 25.8 Å². The quantitative estimate of drug-likeness (QED) is 0.767. The molecule has 86 valence electrons. The first-order chi connectivity index (χ1) is 8.27. The Labute approximate surface area is 102 Å². The molecule has 0 spiro atoms. The highest BCUT2D eigenvalue weighted by molar-refractivity contribution is 8.02. The van der Waals surface area contributed by atoms with Gasteiger partial charge >= 0.3 is 0 Å². The molecular weight excluding hydrogens is 242 g/mol. The van der Waals surface area contributed by atoms with Crippen molar-refractivity contribution in [3.63, 3.8) is 0 Å². The molecule has 0 unspecified atom stereocenters. The predicted octanol–water partition coefficient (Wildman–Crippen LogP) is 4.09. The van der Waals surface area contributed by atoms with E-state index in [2.05, 4.69) is 4.72 Å². The van der Waals surface area contributed by atoms with Crippen LogP contribution in [0.3, 0.4) is 0 Å². The predicted molar refractivity (Wildman–Crippen MR) is 66.2 cm³/mol. The standard InChI is InChI=1S/C12H8F2N2S/c13-8-4-1-2-6-10(8)16-11-7-3-5-9(14)12(11)15-17-16/h1-7,15H. The van der Waals surface area contributed by atoms with Gasteiger partial charge in [0.15, 0.2) is 0 Å². The van der Waals surface area contributed by atoms with Gasteiger partial charge in [-0.05, 0) is 24.3 Å². The molecule has 3 rings (SSSR count). The second-order valence-electron chi connectivity index (χ2n) is 3.57. The van der Waals surface area contributed by atoms with Crippen LogP contribution in [0.1, 0.15) is 0 Å². The van der Waals surface area contributed by atoms with Crippen molar-refractivity contribution in [3.8, 4) is 0 Å². The van der Waals surface area contributed by atoms with E-state index in [1.54, 1.807) is 34.6 Å². The number of hydrogen-bond acceptors (Lipinski definition) is 3. The van der Waals surface area contributed by atoms with Gasteiger partial charge < -0.3 is 4.72 Å². The fraction of sp³-hybridized carbons (Fsp3) is 0. The molecule has 5 heteroatoms. The molecule has 0 saturated heterocycles. The summed E-state index contributed by atoms with van der Waals surface area (Å²) in [5.74, 6) is -0.673. The van der Waals surface area contributed by atoms with E-state index < -0.39 is 0 Å². The number of rotatable bonds is 1. The van der Waals surface area contributed by atoms with Gasteiger partial charge in [0.25, 0.3) is 0 Å². The zero-order valence-corrected chi connectivity index (χ0v) is 9.47. The lowest BCUT2D eigenvalue weighted by atomic mass is 10.2. The van der Waals surface area contributed by atoms with E-state index in [-0.39, 0.29) is 11.6 Å². The maximum Gasteiger partial charge on any atom is 0.149 e. The number of nitrogens with zero attached hydrogens (tertiary/aromatic N) is 1.